The predicted molar refractivity (Wildman–Crippen MR) is 111 cm³/mol. The van der Waals surface area contributed by atoms with Gasteiger partial charge in [-0.3, -0.25) is 14.4 Å². The summed E-state index contributed by atoms with van der Waals surface area (Å²) < 4.78 is 0. The van der Waals surface area contributed by atoms with Gasteiger partial charge in [-0.1, -0.05) is 41.7 Å². The van der Waals surface area contributed by atoms with Gasteiger partial charge in [0.25, 0.3) is 5.91 Å². The molecule has 2 aromatic rings. The molecule has 10 nitrogen and oxygen atoms in total. The van der Waals surface area contributed by atoms with Gasteiger partial charge in [0.05, 0.1) is 24.0 Å². The number of nitrogens with two attached hydrogens (primary N) is 2. The molecule has 0 saturated heterocycles. The van der Waals surface area contributed by atoms with Crippen molar-refractivity contribution in [1.82, 2.24) is 15.6 Å². The maximum atomic E-state index is 12.3. The molecule has 1 unspecified atom stereocenters. The zero-order valence-corrected chi connectivity index (χ0v) is 17.0. The number of carbonyl (C=O) groups is 3. The molecule has 0 fully saturated rings. The second kappa shape index (κ2) is 11.0. The molecule has 0 saturated carbocycles. The van der Waals surface area contributed by atoms with E-state index in [0.29, 0.717) is 10.6 Å². The summed E-state index contributed by atoms with van der Waals surface area (Å²) in [5, 5.41) is 14.9. The number of benzene rings is 1. The van der Waals surface area contributed by atoms with E-state index in [1.807, 2.05) is 0 Å². The van der Waals surface area contributed by atoms with E-state index >= 15 is 0 Å². The van der Waals surface area contributed by atoms with Crippen molar-refractivity contribution < 1.29 is 19.5 Å². The lowest BCUT2D eigenvalue weighted by Gasteiger charge is -2.17. The fourth-order valence-corrected chi connectivity index (χ4v) is 3.16. The summed E-state index contributed by atoms with van der Waals surface area (Å²) in [6, 6.07) is 7.98. The second-order valence-electron chi connectivity index (χ2n) is 5.73. The number of carboxylic acid groups (broad SMARTS) is 1. The van der Waals surface area contributed by atoms with Gasteiger partial charge in [-0.2, -0.15) is 0 Å². The van der Waals surface area contributed by atoms with Gasteiger partial charge in [0.1, 0.15) is 0 Å². The number of halogens is 1. The van der Waals surface area contributed by atoms with Crippen LogP contribution in [0.15, 0.2) is 35.3 Å². The van der Waals surface area contributed by atoms with Crippen LogP contribution in [-0.2, 0) is 9.59 Å². The zero-order chi connectivity index (χ0) is 20.7. The maximum absolute atomic E-state index is 12.3. The molecule has 1 atom stereocenters. The van der Waals surface area contributed by atoms with E-state index < -0.39 is 23.8 Å². The summed E-state index contributed by atoms with van der Waals surface area (Å²) in [5.41, 5.74) is 11.3. The number of aliphatic carboxylic acids is 1. The van der Waals surface area contributed by atoms with Crippen LogP contribution in [0.2, 0.25) is 0 Å². The molecular weight excluding hydrogens is 420 g/mol. The van der Waals surface area contributed by atoms with Gasteiger partial charge in [0, 0.05) is 0 Å². The van der Waals surface area contributed by atoms with Crippen molar-refractivity contribution in [3.63, 3.8) is 0 Å². The number of guanidine groups is 1. The van der Waals surface area contributed by atoms with Gasteiger partial charge < -0.3 is 27.2 Å². The second-order valence-corrected chi connectivity index (χ2v) is 6.92. The van der Waals surface area contributed by atoms with E-state index in [4.69, 9.17) is 16.6 Å². The number of nitrogens with zero attached hydrogens (tertiary/aromatic N) is 2. The first-order valence-corrected chi connectivity index (χ1v) is 8.99. The van der Waals surface area contributed by atoms with Crippen molar-refractivity contribution in [2.24, 2.45) is 16.5 Å². The Hall–Kier alpha value is -3.18. The van der Waals surface area contributed by atoms with E-state index in [-0.39, 0.29) is 42.0 Å². The first kappa shape index (κ1) is 23.9. The Balaban J connectivity index is 0.00000420. The van der Waals surface area contributed by atoms with Gasteiger partial charge in [0.15, 0.2) is 16.7 Å². The molecule has 1 aromatic heterocycles. The molecule has 0 radical (unpaired) electrons. The van der Waals surface area contributed by atoms with Crippen LogP contribution in [0.5, 0.6) is 0 Å². The molecule has 29 heavy (non-hydrogen) atoms. The van der Waals surface area contributed by atoms with Crippen LogP contribution in [0.3, 0.4) is 0 Å². The number of carboxylic acids is 1. The SMILES string of the molecule is Cc1nc(C(=O)NCC(=O)NC(CC(=O)O)c2ccccc2)c(N=C(N)N)s1.Cl. The number of nitrogens with one attached hydrogen (secondary N) is 2. The van der Waals surface area contributed by atoms with Crippen molar-refractivity contribution in [2.75, 3.05) is 6.54 Å². The zero-order valence-electron chi connectivity index (χ0n) is 15.4. The van der Waals surface area contributed by atoms with E-state index in [9.17, 15) is 14.4 Å². The Labute approximate surface area is 176 Å². The molecule has 0 spiro atoms. The van der Waals surface area contributed by atoms with Crippen LogP contribution in [0.25, 0.3) is 0 Å². The van der Waals surface area contributed by atoms with Crippen LogP contribution in [0.4, 0.5) is 5.00 Å². The molecule has 156 valence electrons. The Morgan fingerprint density at radius 2 is 1.90 bits per heavy atom. The third-order valence-corrected chi connectivity index (χ3v) is 4.35. The molecule has 0 aliphatic heterocycles. The minimum Gasteiger partial charge on any atom is -0.481 e. The standard InChI is InChI=1S/C17H20N6O4S.ClH/c1-9-21-14(16(28-9)23-17(18)19)15(27)20-8-12(24)22-11(7-13(25)26)10-5-3-2-4-6-10;/h2-6,11H,7-8H2,1H3,(H,20,27)(H,22,24)(H,25,26)(H4,18,19,23);1H. The summed E-state index contributed by atoms with van der Waals surface area (Å²) in [5.74, 6) is -2.43. The van der Waals surface area contributed by atoms with E-state index in [0.717, 1.165) is 11.3 Å². The lowest BCUT2D eigenvalue weighted by molar-refractivity contribution is -0.137. The average molecular weight is 441 g/mol. The summed E-state index contributed by atoms with van der Waals surface area (Å²) >= 11 is 1.13. The molecule has 1 heterocycles. The molecule has 2 rings (SSSR count). The number of amides is 2. The fraction of sp³-hybridized carbons (Fsp3) is 0.235. The molecule has 12 heteroatoms. The summed E-state index contributed by atoms with van der Waals surface area (Å²) in [4.78, 5) is 43.5. The Kier molecular flexibility index (Phi) is 9.03. The average Bonchev–Trinajstić information content (AvgIpc) is 2.99. The summed E-state index contributed by atoms with van der Waals surface area (Å²) in [7, 11) is 0. The van der Waals surface area contributed by atoms with E-state index in [1.54, 1.807) is 37.3 Å². The Bertz CT molecular complexity index is 899. The highest BCUT2D eigenvalue weighted by atomic mass is 35.5. The summed E-state index contributed by atoms with van der Waals surface area (Å²) in [6.45, 7) is 1.33. The van der Waals surface area contributed by atoms with Gasteiger partial charge in [-0.05, 0) is 12.5 Å². The molecule has 0 aliphatic rings. The minimum absolute atomic E-state index is 0. The highest BCUT2D eigenvalue weighted by Gasteiger charge is 2.20. The predicted octanol–water partition coefficient (Wildman–Crippen LogP) is 0.840. The first-order valence-electron chi connectivity index (χ1n) is 8.17. The van der Waals surface area contributed by atoms with Crippen LogP contribution < -0.4 is 22.1 Å². The highest BCUT2D eigenvalue weighted by Crippen LogP contribution is 2.27. The monoisotopic (exact) mass is 440 g/mol. The van der Waals surface area contributed by atoms with Crippen molar-refractivity contribution in [2.45, 2.75) is 19.4 Å². The highest BCUT2D eigenvalue weighted by molar-refractivity contribution is 7.15. The summed E-state index contributed by atoms with van der Waals surface area (Å²) in [6.07, 6.45) is -0.288. The van der Waals surface area contributed by atoms with Crippen LogP contribution in [-0.4, -0.2) is 40.4 Å². The Morgan fingerprint density at radius 1 is 1.24 bits per heavy atom. The van der Waals surface area contributed by atoms with Crippen molar-refractivity contribution in [1.29, 1.82) is 0 Å². The number of aliphatic imine (C=N–C) groups is 1. The van der Waals surface area contributed by atoms with Crippen molar-refractivity contribution >= 4 is 52.5 Å². The lowest BCUT2D eigenvalue weighted by atomic mass is 10.0. The first-order chi connectivity index (χ1) is 13.3. The number of hydrogen-bond acceptors (Lipinski definition) is 6. The fourth-order valence-electron chi connectivity index (χ4n) is 2.36. The van der Waals surface area contributed by atoms with Gasteiger partial charge in [-0.25, -0.2) is 9.98 Å². The van der Waals surface area contributed by atoms with E-state index in [2.05, 4.69) is 20.6 Å². The van der Waals surface area contributed by atoms with Crippen LogP contribution >= 0.6 is 23.7 Å². The molecule has 2 amide bonds. The normalized spacial score (nSPS) is 10.9. The smallest absolute Gasteiger partial charge is 0.305 e. The van der Waals surface area contributed by atoms with Gasteiger partial charge >= 0.3 is 5.97 Å². The lowest BCUT2D eigenvalue weighted by Crippen LogP contribution is -2.39. The minimum atomic E-state index is -1.06. The van der Waals surface area contributed by atoms with E-state index in [1.165, 1.54) is 0 Å². The van der Waals surface area contributed by atoms with Crippen molar-refractivity contribution in [3.05, 3.63) is 46.6 Å². The number of rotatable bonds is 8. The number of hydrogen-bond donors (Lipinski definition) is 5. The largest absolute Gasteiger partial charge is 0.481 e. The third kappa shape index (κ3) is 7.39. The maximum Gasteiger partial charge on any atom is 0.305 e. The van der Waals surface area contributed by atoms with Crippen LogP contribution in [0, 0.1) is 6.92 Å². The van der Waals surface area contributed by atoms with Gasteiger partial charge in [-0.15, -0.1) is 12.4 Å². The van der Waals surface area contributed by atoms with Gasteiger partial charge in [0.2, 0.25) is 5.91 Å². The molecule has 1 aromatic carbocycles. The molecular formula is C17H21ClN6O4S. The molecule has 0 bridgehead atoms. The topological polar surface area (TPSA) is 173 Å². The van der Waals surface area contributed by atoms with Crippen molar-refractivity contribution in [3.8, 4) is 0 Å². The quantitative estimate of drug-likeness (QED) is 0.298. The third-order valence-electron chi connectivity index (χ3n) is 3.49. The Morgan fingerprint density at radius 3 is 2.48 bits per heavy atom. The number of aryl methyl sites for hydroxylation is 1. The van der Waals surface area contributed by atoms with Crippen LogP contribution in [0.1, 0.15) is 33.5 Å². The molecule has 0 aliphatic carbocycles. The number of thiazole rings is 1. The number of aromatic nitrogens is 1. The molecule has 7 N–H and O–H groups in total. The number of carbonyl (C=O) groups excluding carboxylic acids is 2.